The highest BCUT2D eigenvalue weighted by molar-refractivity contribution is 5.35. The molecule has 2 N–H and O–H groups in total. The molecule has 2 heterocycles. The maximum Gasteiger partial charge on any atom is 0.255 e. The second-order valence-corrected chi connectivity index (χ2v) is 6.41. The quantitative estimate of drug-likeness (QED) is 0.597. The summed E-state index contributed by atoms with van der Waals surface area (Å²) in [6.45, 7) is 0.667. The van der Waals surface area contributed by atoms with Crippen LogP contribution in [-0.4, -0.2) is 14.1 Å². The summed E-state index contributed by atoms with van der Waals surface area (Å²) in [6, 6.07) is 22.8. The van der Waals surface area contributed by atoms with Gasteiger partial charge in [0.1, 0.15) is 0 Å². The van der Waals surface area contributed by atoms with Crippen molar-refractivity contribution in [1.29, 1.82) is 0 Å². The zero-order chi connectivity index (χ0) is 18.6. The summed E-state index contributed by atoms with van der Waals surface area (Å²) in [5, 5.41) is 0. The van der Waals surface area contributed by atoms with Gasteiger partial charge in [-0.1, -0.05) is 48.5 Å². The molecule has 2 aromatic heterocycles. The molecule has 0 bridgehead atoms. The molecular weight excluding hydrogens is 336 g/mol. The van der Waals surface area contributed by atoms with Gasteiger partial charge in [-0.3, -0.25) is 9.36 Å². The third-order valence-corrected chi connectivity index (χ3v) is 4.61. The topological polar surface area (TPSA) is 65.8 Å². The molecule has 0 fully saturated rings. The van der Waals surface area contributed by atoms with Crippen LogP contribution in [0, 0.1) is 0 Å². The zero-order valence-electron chi connectivity index (χ0n) is 14.8. The van der Waals surface area contributed by atoms with E-state index in [1.807, 2.05) is 66.9 Å². The van der Waals surface area contributed by atoms with Crippen molar-refractivity contribution in [2.75, 3.05) is 0 Å². The number of imidazole rings is 1. The van der Waals surface area contributed by atoms with E-state index < -0.39 is 0 Å². The molecule has 0 aliphatic heterocycles. The number of hydrogen-bond acceptors (Lipinski definition) is 3. The number of aromatic nitrogens is 3. The van der Waals surface area contributed by atoms with Crippen LogP contribution in [0.2, 0.25) is 0 Å². The Bertz CT molecular complexity index is 1080. The van der Waals surface area contributed by atoms with E-state index in [0.717, 1.165) is 22.5 Å². The van der Waals surface area contributed by atoms with Crippen LogP contribution in [-0.2, 0) is 6.54 Å². The minimum absolute atomic E-state index is 0.0454. The molecular formula is C22H20N4O. The van der Waals surface area contributed by atoms with Crippen LogP contribution in [0.15, 0.2) is 96.3 Å². The molecule has 0 aliphatic carbocycles. The maximum atomic E-state index is 12.0. The van der Waals surface area contributed by atoms with Gasteiger partial charge in [-0.25, -0.2) is 4.98 Å². The summed E-state index contributed by atoms with van der Waals surface area (Å²) in [6.07, 6.45) is 5.38. The molecule has 0 saturated carbocycles. The van der Waals surface area contributed by atoms with Crippen LogP contribution in [0.1, 0.15) is 22.9 Å². The predicted octanol–water partition coefficient (Wildman–Crippen LogP) is 3.13. The molecule has 5 heteroatoms. The molecule has 0 aliphatic rings. The Morgan fingerprint density at radius 2 is 1.67 bits per heavy atom. The Kier molecular flexibility index (Phi) is 4.68. The first-order chi connectivity index (χ1) is 13.2. The largest absolute Gasteiger partial charge is 0.328 e. The third kappa shape index (κ3) is 3.59. The highest BCUT2D eigenvalue weighted by Crippen LogP contribution is 2.20. The smallest absolute Gasteiger partial charge is 0.255 e. The van der Waals surface area contributed by atoms with Gasteiger partial charge in [-0.15, -0.1) is 0 Å². The lowest BCUT2D eigenvalue weighted by molar-refractivity contribution is 0.695. The van der Waals surface area contributed by atoms with Crippen molar-refractivity contribution in [3.63, 3.8) is 0 Å². The van der Waals surface area contributed by atoms with Crippen LogP contribution in [0.4, 0.5) is 0 Å². The molecule has 27 heavy (non-hydrogen) atoms. The van der Waals surface area contributed by atoms with E-state index >= 15 is 0 Å². The summed E-state index contributed by atoms with van der Waals surface area (Å²) < 4.78 is 3.68. The van der Waals surface area contributed by atoms with Crippen LogP contribution < -0.4 is 11.3 Å². The fourth-order valence-electron chi connectivity index (χ4n) is 3.15. The normalized spacial score (nSPS) is 12.0. The molecule has 2 aromatic carbocycles. The molecule has 0 saturated heterocycles. The van der Waals surface area contributed by atoms with Crippen LogP contribution >= 0.6 is 0 Å². The fourth-order valence-corrected chi connectivity index (χ4v) is 3.15. The zero-order valence-corrected chi connectivity index (χ0v) is 14.8. The van der Waals surface area contributed by atoms with Crippen molar-refractivity contribution < 1.29 is 0 Å². The molecule has 4 rings (SSSR count). The number of hydrogen-bond donors (Lipinski definition) is 1. The van der Waals surface area contributed by atoms with Gasteiger partial charge in [0.15, 0.2) is 0 Å². The Labute approximate surface area is 157 Å². The van der Waals surface area contributed by atoms with Gasteiger partial charge in [0.05, 0.1) is 24.3 Å². The first-order valence-corrected chi connectivity index (χ1v) is 8.80. The summed E-state index contributed by atoms with van der Waals surface area (Å²) >= 11 is 0. The Morgan fingerprint density at radius 3 is 2.41 bits per heavy atom. The van der Waals surface area contributed by atoms with Gasteiger partial charge in [-0.2, -0.15) is 0 Å². The second-order valence-electron chi connectivity index (χ2n) is 6.41. The molecule has 1 unspecified atom stereocenters. The van der Waals surface area contributed by atoms with E-state index in [9.17, 15) is 4.79 Å². The van der Waals surface area contributed by atoms with E-state index in [1.165, 1.54) is 0 Å². The van der Waals surface area contributed by atoms with Crippen molar-refractivity contribution in [2.45, 2.75) is 12.6 Å². The van der Waals surface area contributed by atoms with Crippen LogP contribution in [0.3, 0.4) is 0 Å². The monoisotopic (exact) mass is 356 g/mol. The molecule has 0 amide bonds. The minimum atomic E-state index is -0.226. The van der Waals surface area contributed by atoms with E-state index in [0.29, 0.717) is 6.54 Å². The number of nitrogens with two attached hydrogens (primary N) is 1. The lowest BCUT2D eigenvalue weighted by atomic mass is 10.1. The van der Waals surface area contributed by atoms with E-state index in [-0.39, 0.29) is 11.6 Å². The number of nitrogens with zero attached hydrogens (tertiary/aromatic N) is 3. The lowest BCUT2D eigenvalue weighted by Gasteiger charge is -2.15. The summed E-state index contributed by atoms with van der Waals surface area (Å²) in [7, 11) is 0. The molecule has 1 atom stereocenters. The van der Waals surface area contributed by atoms with Crippen molar-refractivity contribution >= 4 is 0 Å². The molecule has 4 aromatic rings. The van der Waals surface area contributed by atoms with Crippen LogP contribution in [0.5, 0.6) is 0 Å². The van der Waals surface area contributed by atoms with Crippen molar-refractivity contribution in [3.8, 4) is 5.69 Å². The highest BCUT2D eigenvalue weighted by atomic mass is 16.1. The summed E-state index contributed by atoms with van der Waals surface area (Å²) in [4.78, 5) is 16.2. The van der Waals surface area contributed by atoms with E-state index in [2.05, 4.69) is 9.55 Å². The van der Waals surface area contributed by atoms with Crippen molar-refractivity contribution in [2.24, 2.45) is 5.73 Å². The second kappa shape index (κ2) is 7.43. The van der Waals surface area contributed by atoms with Gasteiger partial charge >= 0.3 is 0 Å². The maximum absolute atomic E-state index is 12.0. The van der Waals surface area contributed by atoms with Gasteiger partial charge in [-0.05, 0) is 29.3 Å². The summed E-state index contributed by atoms with van der Waals surface area (Å²) in [5.74, 6) is 0. The summed E-state index contributed by atoms with van der Waals surface area (Å²) in [5.41, 5.74) is 10.4. The van der Waals surface area contributed by atoms with Gasteiger partial charge < -0.3 is 10.3 Å². The van der Waals surface area contributed by atoms with E-state index in [4.69, 9.17) is 5.73 Å². The fraction of sp³-hybridized carbons (Fsp3) is 0.0909. The first-order valence-electron chi connectivity index (χ1n) is 8.80. The van der Waals surface area contributed by atoms with Crippen molar-refractivity contribution in [1.82, 2.24) is 14.1 Å². The number of pyridine rings is 1. The Morgan fingerprint density at radius 1 is 0.926 bits per heavy atom. The molecule has 134 valence electrons. The third-order valence-electron chi connectivity index (χ3n) is 4.61. The first kappa shape index (κ1) is 17.0. The van der Waals surface area contributed by atoms with Gasteiger partial charge in [0, 0.05) is 24.5 Å². The Hall–Kier alpha value is -3.44. The number of benzene rings is 2. The number of rotatable bonds is 5. The molecule has 0 radical (unpaired) electrons. The molecule has 5 nitrogen and oxygen atoms in total. The van der Waals surface area contributed by atoms with Gasteiger partial charge in [0.25, 0.3) is 5.56 Å². The standard InChI is InChI=1S/C22H20N4O/c23-22(18-6-2-1-3-7-18)20-14-24-16-25(20)15-17-9-11-19(12-10-17)26-13-5-4-8-21(26)27/h1-14,16,22H,15,23H2. The van der Waals surface area contributed by atoms with Gasteiger partial charge in [0.2, 0.25) is 0 Å². The van der Waals surface area contributed by atoms with E-state index in [1.54, 1.807) is 29.2 Å². The SMILES string of the molecule is NC(c1ccccc1)c1cncn1Cc1ccc(-n2ccccc2=O)cc1. The highest BCUT2D eigenvalue weighted by Gasteiger charge is 2.13. The predicted molar refractivity (Wildman–Crippen MR) is 106 cm³/mol. The average Bonchev–Trinajstić information content (AvgIpc) is 3.17. The van der Waals surface area contributed by atoms with Crippen LogP contribution in [0.25, 0.3) is 5.69 Å². The average molecular weight is 356 g/mol. The lowest BCUT2D eigenvalue weighted by Crippen LogP contribution is -2.17. The molecule has 0 spiro atoms. The minimum Gasteiger partial charge on any atom is -0.328 e. The Balaban J connectivity index is 1.57. The van der Waals surface area contributed by atoms with Crippen molar-refractivity contribution in [3.05, 3.63) is 119 Å².